The Morgan fingerprint density at radius 1 is 1.03 bits per heavy atom. The van der Waals surface area contributed by atoms with E-state index in [1.165, 1.54) is 0 Å². The number of rotatable bonds is 9. The van der Waals surface area contributed by atoms with Crippen LogP contribution in [0.1, 0.15) is 62.9 Å². The third kappa shape index (κ3) is 5.97. The number of anilines is 1. The fraction of sp³-hybridized carbons (Fsp3) is 0.367. The number of hydrogen-bond donors (Lipinski definition) is 1. The molecule has 3 aromatic rings. The van der Waals surface area contributed by atoms with Crippen LogP contribution < -0.4 is 10.2 Å². The van der Waals surface area contributed by atoms with Crippen molar-refractivity contribution in [2.75, 3.05) is 11.4 Å². The molecule has 1 atom stereocenters. The van der Waals surface area contributed by atoms with Crippen LogP contribution in [0.15, 0.2) is 54.6 Å². The van der Waals surface area contributed by atoms with E-state index in [4.69, 9.17) is 23.2 Å². The Hall–Kier alpha value is -3.09. The molecule has 200 valence electrons. The molecule has 0 spiro atoms. The van der Waals surface area contributed by atoms with Crippen LogP contribution in [0.3, 0.4) is 0 Å². The lowest BCUT2D eigenvalue weighted by atomic mass is 10.0. The van der Waals surface area contributed by atoms with E-state index in [0.29, 0.717) is 35.0 Å². The molecule has 1 aliphatic rings. The summed E-state index contributed by atoms with van der Waals surface area (Å²) < 4.78 is 0. The molecular formula is C30H33Cl2N3O3. The highest BCUT2D eigenvalue weighted by Crippen LogP contribution is 2.37. The maximum atomic E-state index is 13.6. The van der Waals surface area contributed by atoms with E-state index in [2.05, 4.69) is 5.32 Å². The fourth-order valence-corrected chi connectivity index (χ4v) is 5.26. The number of carbonyl (C=O) groups is 3. The van der Waals surface area contributed by atoms with Gasteiger partial charge >= 0.3 is 0 Å². The molecule has 1 heterocycles. The molecule has 0 aromatic heterocycles. The van der Waals surface area contributed by atoms with E-state index >= 15 is 0 Å². The van der Waals surface area contributed by atoms with Crippen molar-refractivity contribution in [1.29, 1.82) is 0 Å². The predicted octanol–water partition coefficient (Wildman–Crippen LogP) is 6.61. The van der Waals surface area contributed by atoms with Gasteiger partial charge in [-0.05, 0) is 68.8 Å². The normalized spacial score (nSPS) is 13.6. The fourth-order valence-electron chi connectivity index (χ4n) is 4.94. The zero-order valence-electron chi connectivity index (χ0n) is 22.2. The first-order chi connectivity index (χ1) is 18.0. The van der Waals surface area contributed by atoms with Crippen LogP contribution in [0, 0.1) is 0 Å². The van der Waals surface area contributed by atoms with Crippen molar-refractivity contribution < 1.29 is 14.4 Å². The largest absolute Gasteiger partial charge is 0.350 e. The second-order valence-corrected chi connectivity index (χ2v) is 11.5. The van der Waals surface area contributed by atoms with Gasteiger partial charge in [0.05, 0.1) is 15.7 Å². The second-order valence-electron chi connectivity index (χ2n) is 10.7. The third-order valence-electron chi connectivity index (χ3n) is 6.64. The molecule has 1 unspecified atom stereocenters. The zero-order valence-corrected chi connectivity index (χ0v) is 23.7. The summed E-state index contributed by atoms with van der Waals surface area (Å²) in [5.41, 5.74) is 1.91. The molecule has 0 bridgehead atoms. The monoisotopic (exact) mass is 553 g/mol. The average Bonchev–Trinajstić information content (AvgIpc) is 3.13. The quantitative estimate of drug-likeness (QED) is 0.324. The smallest absolute Gasteiger partial charge is 0.258 e. The molecule has 0 saturated heterocycles. The van der Waals surface area contributed by atoms with Crippen molar-refractivity contribution in [3.8, 4) is 0 Å². The molecule has 3 amide bonds. The first-order valence-electron chi connectivity index (χ1n) is 12.9. The van der Waals surface area contributed by atoms with Gasteiger partial charge in [0.1, 0.15) is 6.04 Å². The molecule has 0 radical (unpaired) electrons. The summed E-state index contributed by atoms with van der Waals surface area (Å²) >= 11 is 12.3. The lowest BCUT2D eigenvalue weighted by molar-refractivity contribution is -0.142. The highest BCUT2D eigenvalue weighted by atomic mass is 35.5. The molecule has 0 aliphatic carbocycles. The summed E-state index contributed by atoms with van der Waals surface area (Å²) in [5, 5.41) is 5.81. The van der Waals surface area contributed by atoms with Crippen LogP contribution in [-0.2, 0) is 16.1 Å². The minimum atomic E-state index is -0.650. The first-order valence-corrected chi connectivity index (χ1v) is 13.6. The summed E-state index contributed by atoms with van der Waals surface area (Å²) in [6.07, 6.45) is 1.11. The Kier molecular flexibility index (Phi) is 8.34. The van der Waals surface area contributed by atoms with Gasteiger partial charge in [-0.15, -0.1) is 0 Å². The Morgan fingerprint density at radius 2 is 1.74 bits per heavy atom. The van der Waals surface area contributed by atoms with E-state index in [9.17, 15) is 14.4 Å². The van der Waals surface area contributed by atoms with Gasteiger partial charge in [0, 0.05) is 36.0 Å². The van der Waals surface area contributed by atoms with Gasteiger partial charge in [-0.2, -0.15) is 0 Å². The summed E-state index contributed by atoms with van der Waals surface area (Å²) in [6, 6.07) is 16.2. The number of carbonyl (C=O) groups excluding carboxylic acids is 3. The molecule has 6 nitrogen and oxygen atoms in total. The van der Waals surface area contributed by atoms with Crippen molar-refractivity contribution in [2.24, 2.45) is 0 Å². The Balaban J connectivity index is 1.51. The molecule has 1 aliphatic heterocycles. The predicted molar refractivity (Wildman–Crippen MR) is 154 cm³/mol. The van der Waals surface area contributed by atoms with Crippen LogP contribution in [0.4, 0.5) is 5.69 Å². The zero-order chi connectivity index (χ0) is 27.6. The van der Waals surface area contributed by atoms with Crippen LogP contribution in [0.5, 0.6) is 0 Å². The van der Waals surface area contributed by atoms with Crippen molar-refractivity contribution in [3.63, 3.8) is 0 Å². The summed E-state index contributed by atoms with van der Waals surface area (Å²) in [5.74, 6) is -0.410. The molecular weight excluding hydrogens is 521 g/mol. The van der Waals surface area contributed by atoms with E-state index < -0.39 is 11.6 Å². The lowest BCUT2D eigenvalue weighted by Crippen LogP contribution is -2.53. The Labute approximate surface area is 233 Å². The van der Waals surface area contributed by atoms with E-state index in [-0.39, 0.29) is 30.7 Å². The minimum Gasteiger partial charge on any atom is -0.350 e. The number of halogens is 2. The van der Waals surface area contributed by atoms with Gasteiger partial charge < -0.3 is 15.1 Å². The SMILES string of the molecule is CCC(C(=O)NC(C)(C)C)N(Cc1ccc(Cl)c(Cl)c1)C(=O)CCCN1C(=O)c2cccc3cccc1c23. The van der Waals surface area contributed by atoms with Crippen molar-refractivity contribution >= 4 is 57.4 Å². The standard InChI is InChI=1S/C30H33Cl2N3O3/c1-5-24(28(37)33-30(2,3)4)35(18-19-14-15-22(31)23(32)17-19)26(36)13-8-16-34-25-12-7-10-20-9-6-11-21(27(20)25)29(34)38/h6-7,9-12,14-15,17,24H,5,8,13,16,18H2,1-4H3,(H,33,37). The van der Waals surface area contributed by atoms with E-state index in [1.807, 2.05) is 70.2 Å². The highest BCUT2D eigenvalue weighted by Gasteiger charge is 2.32. The van der Waals surface area contributed by atoms with Gasteiger partial charge in [0.15, 0.2) is 0 Å². The lowest BCUT2D eigenvalue weighted by Gasteiger charge is -2.33. The highest BCUT2D eigenvalue weighted by molar-refractivity contribution is 6.42. The summed E-state index contributed by atoms with van der Waals surface area (Å²) in [6.45, 7) is 8.25. The van der Waals surface area contributed by atoms with E-state index in [1.54, 1.807) is 21.9 Å². The Bertz CT molecular complexity index is 1380. The average molecular weight is 555 g/mol. The number of amides is 3. The third-order valence-corrected chi connectivity index (χ3v) is 7.38. The van der Waals surface area contributed by atoms with Crippen molar-refractivity contribution in [2.45, 2.75) is 65.1 Å². The van der Waals surface area contributed by atoms with Gasteiger partial charge in [0.2, 0.25) is 11.8 Å². The van der Waals surface area contributed by atoms with Crippen LogP contribution in [0.25, 0.3) is 10.8 Å². The number of hydrogen-bond acceptors (Lipinski definition) is 3. The topological polar surface area (TPSA) is 69.7 Å². The number of nitrogens with one attached hydrogen (secondary N) is 1. The number of nitrogens with zero attached hydrogens (tertiary/aromatic N) is 2. The van der Waals surface area contributed by atoms with Crippen molar-refractivity contribution in [1.82, 2.24) is 10.2 Å². The molecule has 4 rings (SSSR count). The summed E-state index contributed by atoms with van der Waals surface area (Å²) in [7, 11) is 0. The van der Waals surface area contributed by atoms with E-state index in [0.717, 1.165) is 22.0 Å². The van der Waals surface area contributed by atoms with Gasteiger partial charge in [-0.3, -0.25) is 14.4 Å². The number of benzene rings is 3. The second kappa shape index (κ2) is 11.3. The van der Waals surface area contributed by atoms with Crippen LogP contribution in [-0.4, -0.2) is 40.7 Å². The van der Waals surface area contributed by atoms with Crippen molar-refractivity contribution in [3.05, 3.63) is 75.8 Å². The molecule has 0 saturated carbocycles. The molecule has 1 N–H and O–H groups in total. The maximum Gasteiger partial charge on any atom is 0.258 e. The molecule has 3 aromatic carbocycles. The Morgan fingerprint density at radius 3 is 2.39 bits per heavy atom. The molecule has 8 heteroatoms. The van der Waals surface area contributed by atoms with Gasteiger partial charge in [0.25, 0.3) is 5.91 Å². The molecule has 0 fully saturated rings. The minimum absolute atomic E-state index is 0.0482. The van der Waals surface area contributed by atoms with Crippen LogP contribution in [0.2, 0.25) is 10.0 Å². The van der Waals surface area contributed by atoms with Crippen LogP contribution >= 0.6 is 23.2 Å². The molecule has 38 heavy (non-hydrogen) atoms. The maximum absolute atomic E-state index is 13.6. The first kappa shape index (κ1) is 27.9. The van der Waals surface area contributed by atoms with Gasteiger partial charge in [-0.1, -0.05) is 60.5 Å². The van der Waals surface area contributed by atoms with Gasteiger partial charge in [-0.25, -0.2) is 0 Å². The summed E-state index contributed by atoms with van der Waals surface area (Å²) in [4.78, 5) is 43.3.